The molecule has 8 heteroatoms. The summed E-state index contributed by atoms with van der Waals surface area (Å²) >= 11 is 0. The molecule has 2 aromatic heterocycles. The highest BCUT2D eigenvalue weighted by Crippen LogP contribution is 2.21. The summed E-state index contributed by atoms with van der Waals surface area (Å²) in [6.07, 6.45) is 5.80. The Balaban J connectivity index is 1.84. The zero-order valence-corrected chi connectivity index (χ0v) is 9.98. The molecule has 8 nitrogen and oxygen atoms in total. The summed E-state index contributed by atoms with van der Waals surface area (Å²) in [7, 11) is 1.65. The molecule has 2 rings (SSSR count). The summed E-state index contributed by atoms with van der Waals surface area (Å²) in [5.74, 6) is 0.308. The lowest BCUT2D eigenvalue weighted by Crippen LogP contribution is -2.08. The van der Waals surface area contributed by atoms with E-state index in [0.717, 1.165) is 13.0 Å². The van der Waals surface area contributed by atoms with Gasteiger partial charge in [-0.2, -0.15) is 5.10 Å². The fraction of sp³-hybridized carbons (Fsp3) is 0.400. The molecule has 0 aliphatic rings. The lowest BCUT2D eigenvalue weighted by atomic mass is 10.4. The van der Waals surface area contributed by atoms with E-state index in [2.05, 4.69) is 15.5 Å². The standard InChI is InChI=1S/C10H14N6O2/c1-14-8-9(16(17)18)10(13-14)11-4-2-6-15-7-3-5-12-15/h3,5,7-8H,2,4,6H2,1H3,(H,11,13). The smallest absolute Gasteiger partial charge is 0.330 e. The maximum absolute atomic E-state index is 10.8. The van der Waals surface area contributed by atoms with E-state index in [0.29, 0.717) is 12.4 Å². The molecule has 0 saturated heterocycles. The lowest BCUT2D eigenvalue weighted by Gasteiger charge is -2.03. The van der Waals surface area contributed by atoms with E-state index in [1.54, 1.807) is 13.2 Å². The molecule has 0 amide bonds. The van der Waals surface area contributed by atoms with E-state index in [9.17, 15) is 10.1 Å². The van der Waals surface area contributed by atoms with Crippen molar-refractivity contribution in [1.82, 2.24) is 19.6 Å². The summed E-state index contributed by atoms with van der Waals surface area (Å²) in [4.78, 5) is 10.3. The van der Waals surface area contributed by atoms with Gasteiger partial charge in [-0.1, -0.05) is 0 Å². The van der Waals surface area contributed by atoms with Gasteiger partial charge in [0.25, 0.3) is 0 Å². The number of aryl methyl sites for hydroxylation is 2. The topological polar surface area (TPSA) is 90.8 Å². The third-order valence-electron chi connectivity index (χ3n) is 2.42. The molecule has 0 aromatic carbocycles. The highest BCUT2D eigenvalue weighted by Gasteiger charge is 2.17. The maximum atomic E-state index is 10.8. The summed E-state index contributed by atoms with van der Waals surface area (Å²) in [6.45, 7) is 1.37. The van der Waals surface area contributed by atoms with Gasteiger partial charge in [0.1, 0.15) is 6.20 Å². The van der Waals surface area contributed by atoms with Gasteiger partial charge in [0.15, 0.2) is 0 Å². The van der Waals surface area contributed by atoms with E-state index in [1.165, 1.54) is 10.9 Å². The largest absolute Gasteiger partial charge is 0.363 e. The Hall–Kier alpha value is -2.38. The number of aromatic nitrogens is 4. The molecular formula is C10H14N6O2. The molecular weight excluding hydrogens is 236 g/mol. The molecule has 0 aliphatic heterocycles. The minimum atomic E-state index is -0.442. The van der Waals surface area contributed by atoms with Crippen LogP contribution in [0.2, 0.25) is 0 Å². The summed E-state index contributed by atoms with van der Waals surface area (Å²) < 4.78 is 3.24. The van der Waals surface area contributed by atoms with Gasteiger partial charge in [0.2, 0.25) is 5.82 Å². The average Bonchev–Trinajstić information content (AvgIpc) is 2.93. The van der Waals surface area contributed by atoms with Crippen molar-refractivity contribution in [2.24, 2.45) is 7.05 Å². The minimum Gasteiger partial charge on any atom is -0.363 e. The van der Waals surface area contributed by atoms with Crippen LogP contribution in [0.15, 0.2) is 24.7 Å². The Morgan fingerprint density at radius 1 is 1.56 bits per heavy atom. The molecule has 0 atom stereocenters. The number of hydrogen-bond donors (Lipinski definition) is 1. The first-order valence-corrected chi connectivity index (χ1v) is 5.56. The third kappa shape index (κ3) is 2.84. The molecule has 0 saturated carbocycles. The first-order valence-electron chi connectivity index (χ1n) is 5.56. The van der Waals surface area contributed by atoms with E-state index in [-0.39, 0.29) is 5.69 Å². The average molecular weight is 250 g/mol. The second kappa shape index (κ2) is 5.30. The number of nitrogens with zero attached hydrogens (tertiary/aromatic N) is 5. The molecule has 0 unspecified atom stereocenters. The van der Waals surface area contributed by atoms with Crippen LogP contribution in [0.3, 0.4) is 0 Å². The number of rotatable bonds is 6. The van der Waals surface area contributed by atoms with Crippen molar-refractivity contribution in [3.8, 4) is 0 Å². The Morgan fingerprint density at radius 3 is 3.06 bits per heavy atom. The van der Waals surface area contributed by atoms with E-state index >= 15 is 0 Å². The quantitative estimate of drug-likeness (QED) is 0.469. The van der Waals surface area contributed by atoms with Crippen LogP contribution in [0.1, 0.15) is 6.42 Å². The van der Waals surface area contributed by atoms with Crippen LogP contribution < -0.4 is 5.32 Å². The molecule has 96 valence electrons. The Kier molecular flexibility index (Phi) is 3.56. The minimum absolute atomic E-state index is 0.00316. The lowest BCUT2D eigenvalue weighted by molar-refractivity contribution is -0.384. The predicted octanol–water partition coefficient (Wildman–Crippen LogP) is 1.03. The number of anilines is 1. The molecule has 1 N–H and O–H groups in total. The highest BCUT2D eigenvalue weighted by molar-refractivity contribution is 5.54. The van der Waals surface area contributed by atoms with Gasteiger partial charge in [-0.05, 0) is 12.5 Å². The number of nitrogens with one attached hydrogen (secondary N) is 1. The normalized spacial score (nSPS) is 10.5. The number of nitro groups is 1. The van der Waals surface area contributed by atoms with Gasteiger partial charge in [0, 0.05) is 32.5 Å². The molecule has 2 aromatic rings. The van der Waals surface area contributed by atoms with E-state index < -0.39 is 4.92 Å². The highest BCUT2D eigenvalue weighted by atomic mass is 16.6. The number of hydrogen-bond acceptors (Lipinski definition) is 5. The van der Waals surface area contributed by atoms with Crippen molar-refractivity contribution >= 4 is 11.5 Å². The molecule has 0 aliphatic carbocycles. The Bertz CT molecular complexity index is 518. The molecule has 0 fully saturated rings. The van der Waals surface area contributed by atoms with E-state index in [1.807, 2.05) is 16.9 Å². The zero-order chi connectivity index (χ0) is 13.0. The Labute approximate surface area is 103 Å². The fourth-order valence-electron chi connectivity index (χ4n) is 1.62. The second-order valence-corrected chi connectivity index (χ2v) is 3.84. The van der Waals surface area contributed by atoms with Gasteiger partial charge >= 0.3 is 5.69 Å². The first kappa shape index (κ1) is 12.1. The van der Waals surface area contributed by atoms with Crippen LogP contribution in [0, 0.1) is 10.1 Å². The second-order valence-electron chi connectivity index (χ2n) is 3.84. The molecule has 0 radical (unpaired) electrons. The van der Waals surface area contributed by atoms with Crippen molar-refractivity contribution in [3.63, 3.8) is 0 Å². The molecule has 0 spiro atoms. The van der Waals surface area contributed by atoms with Crippen LogP contribution in [-0.4, -0.2) is 31.0 Å². The summed E-state index contributed by atoms with van der Waals surface area (Å²) in [5, 5.41) is 21.8. The van der Waals surface area contributed by atoms with Crippen LogP contribution in [0.5, 0.6) is 0 Å². The van der Waals surface area contributed by atoms with Crippen molar-refractivity contribution in [1.29, 1.82) is 0 Å². The Morgan fingerprint density at radius 2 is 2.39 bits per heavy atom. The van der Waals surface area contributed by atoms with Crippen LogP contribution in [-0.2, 0) is 13.6 Å². The van der Waals surface area contributed by atoms with Crippen molar-refractivity contribution in [2.45, 2.75) is 13.0 Å². The van der Waals surface area contributed by atoms with Crippen LogP contribution >= 0.6 is 0 Å². The predicted molar refractivity (Wildman–Crippen MR) is 65.2 cm³/mol. The van der Waals surface area contributed by atoms with Crippen LogP contribution in [0.25, 0.3) is 0 Å². The third-order valence-corrected chi connectivity index (χ3v) is 2.42. The van der Waals surface area contributed by atoms with Gasteiger partial charge in [-0.15, -0.1) is 5.10 Å². The van der Waals surface area contributed by atoms with Gasteiger partial charge in [-0.3, -0.25) is 19.5 Å². The van der Waals surface area contributed by atoms with Crippen molar-refractivity contribution < 1.29 is 4.92 Å². The monoisotopic (exact) mass is 250 g/mol. The van der Waals surface area contributed by atoms with Crippen molar-refractivity contribution in [3.05, 3.63) is 34.8 Å². The molecule has 18 heavy (non-hydrogen) atoms. The SMILES string of the molecule is Cn1cc([N+](=O)[O-])c(NCCCn2cccn2)n1. The summed E-state index contributed by atoms with van der Waals surface area (Å²) in [5.41, 5.74) is -0.00316. The zero-order valence-electron chi connectivity index (χ0n) is 9.98. The van der Waals surface area contributed by atoms with Gasteiger partial charge < -0.3 is 5.32 Å². The van der Waals surface area contributed by atoms with E-state index in [4.69, 9.17) is 0 Å². The fourth-order valence-corrected chi connectivity index (χ4v) is 1.62. The molecule has 0 bridgehead atoms. The summed E-state index contributed by atoms with van der Waals surface area (Å²) in [6, 6.07) is 1.86. The maximum Gasteiger partial charge on any atom is 0.330 e. The molecule has 2 heterocycles. The van der Waals surface area contributed by atoms with Crippen LogP contribution in [0.4, 0.5) is 11.5 Å². The van der Waals surface area contributed by atoms with Crippen molar-refractivity contribution in [2.75, 3.05) is 11.9 Å². The first-order chi connectivity index (χ1) is 8.66. The van der Waals surface area contributed by atoms with Gasteiger partial charge in [0.05, 0.1) is 4.92 Å². The van der Waals surface area contributed by atoms with Gasteiger partial charge in [-0.25, -0.2) is 0 Å².